The molecule has 134 valence electrons. The van der Waals surface area contributed by atoms with Crippen molar-refractivity contribution < 1.29 is 17.9 Å². The Labute approximate surface area is 145 Å². The van der Waals surface area contributed by atoms with Crippen LogP contribution < -0.4 is 4.74 Å². The molecule has 0 saturated heterocycles. The number of aromatic amines is 1. The molecule has 10 heteroatoms. The Balaban J connectivity index is 1.76. The number of nitrogens with zero attached hydrogens (tertiary/aromatic N) is 5. The number of imidazole rings is 2. The van der Waals surface area contributed by atoms with E-state index in [-0.39, 0.29) is 12.4 Å². The second kappa shape index (κ2) is 5.90. The lowest BCUT2D eigenvalue weighted by Gasteiger charge is -2.06. The molecule has 0 unspecified atom stereocenters. The molecule has 0 bridgehead atoms. The normalized spacial score (nSPS) is 12.0. The van der Waals surface area contributed by atoms with Crippen molar-refractivity contribution in [2.24, 2.45) is 0 Å². The zero-order chi connectivity index (χ0) is 18.3. The summed E-state index contributed by atoms with van der Waals surface area (Å²) in [6.07, 6.45) is 0.257. The van der Waals surface area contributed by atoms with Gasteiger partial charge in [0.15, 0.2) is 5.82 Å². The predicted molar refractivity (Wildman–Crippen MR) is 85.7 cm³/mol. The average molecular weight is 362 g/mol. The van der Waals surface area contributed by atoms with Gasteiger partial charge in [-0.05, 0) is 17.7 Å². The molecule has 4 rings (SSSR count). The summed E-state index contributed by atoms with van der Waals surface area (Å²) in [6.45, 7) is 0.129. The van der Waals surface area contributed by atoms with E-state index in [1.54, 1.807) is 54.4 Å². The Morgan fingerprint density at radius 1 is 1.19 bits per heavy atom. The fourth-order valence-corrected chi connectivity index (χ4v) is 2.60. The first-order valence-corrected chi connectivity index (χ1v) is 7.61. The van der Waals surface area contributed by atoms with Crippen LogP contribution in [0.3, 0.4) is 0 Å². The molecule has 0 fully saturated rings. The number of benzene rings is 1. The summed E-state index contributed by atoms with van der Waals surface area (Å²) in [5, 5.41) is 3.65. The van der Waals surface area contributed by atoms with Gasteiger partial charge in [0, 0.05) is 18.6 Å². The molecule has 3 aromatic heterocycles. The van der Waals surface area contributed by atoms with Gasteiger partial charge in [-0.2, -0.15) is 13.2 Å². The van der Waals surface area contributed by atoms with E-state index in [0.29, 0.717) is 17.2 Å². The molecule has 0 aliphatic carbocycles. The molecule has 0 amide bonds. The third-order valence-electron chi connectivity index (χ3n) is 3.84. The van der Waals surface area contributed by atoms with Gasteiger partial charge in [-0.1, -0.05) is 12.1 Å². The maximum Gasteiger partial charge on any atom is 0.453 e. The summed E-state index contributed by atoms with van der Waals surface area (Å²) in [5.41, 5.74) is 1.16. The first-order chi connectivity index (χ1) is 12.4. The summed E-state index contributed by atoms with van der Waals surface area (Å²) in [7, 11) is 1.54. The lowest BCUT2D eigenvalue weighted by molar-refractivity contribution is -0.144. The van der Waals surface area contributed by atoms with Gasteiger partial charge in [-0.25, -0.2) is 14.6 Å². The molecule has 0 aliphatic rings. The third-order valence-corrected chi connectivity index (χ3v) is 3.84. The summed E-state index contributed by atoms with van der Waals surface area (Å²) in [5.74, 6) is 0.0635. The number of aromatic nitrogens is 6. The third kappa shape index (κ3) is 2.89. The zero-order valence-electron chi connectivity index (χ0n) is 13.5. The molecule has 0 radical (unpaired) electrons. The van der Waals surface area contributed by atoms with Crippen LogP contribution in [0.2, 0.25) is 0 Å². The molecule has 26 heavy (non-hydrogen) atoms. The van der Waals surface area contributed by atoms with Crippen LogP contribution in [0, 0.1) is 0 Å². The van der Waals surface area contributed by atoms with Crippen LogP contribution in [-0.4, -0.2) is 36.2 Å². The number of halogens is 3. The maximum atomic E-state index is 13.1. The van der Waals surface area contributed by atoms with Crippen molar-refractivity contribution >= 4 is 5.78 Å². The Hall–Kier alpha value is -3.30. The van der Waals surface area contributed by atoms with E-state index in [1.165, 1.54) is 4.68 Å². The van der Waals surface area contributed by atoms with E-state index in [0.717, 1.165) is 5.56 Å². The van der Waals surface area contributed by atoms with Crippen LogP contribution in [-0.2, 0) is 12.7 Å². The summed E-state index contributed by atoms with van der Waals surface area (Å²) < 4.78 is 47.3. The summed E-state index contributed by atoms with van der Waals surface area (Å²) >= 11 is 0. The second-order valence-corrected chi connectivity index (χ2v) is 5.59. The second-order valence-electron chi connectivity index (χ2n) is 5.59. The molecule has 0 atom stereocenters. The highest BCUT2D eigenvalue weighted by atomic mass is 19.4. The minimum Gasteiger partial charge on any atom is -0.497 e. The molecule has 1 N–H and O–H groups in total. The largest absolute Gasteiger partial charge is 0.497 e. The van der Waals surface area contributed by atoms with Crippen molar-refractivity contribution in [1.82, 2.24) is 29.1 Å². The van der Waals surface area contributed by atoms with Crippen molar-refractivity contribution in [3.63, 3.8) is 0 Å². The first kappa shape index (κ1) is 16.2. The minimum atomic E-state index is -4.63. The Kier molecular flexibility index (Phi) is 3.67. The molecule has 3 heterocycles. The number of hydrogen-bond acceptors (Lipinski definition) is 4. The number of methoxy groups -OCH3 is 1. The Morgan fingerprint density at radius 3 is 2.62 bits per heavy atom. The molecule has 1 aromatic carbocycles. The predicted octanol–water partition coefficient (Wildman–Crippen LogP) is 3.00. The van der Waals surface area contributed by atoms with E-state index in [1.807, 2.05) is 0 Å². The van der Waals surface area contributed by atoms with Crippen LogP contribution >= 0.6 is 0 Å². The molecule has 0 spiro atoms. The first-order valence-electron chi connectivity index (χ1n) is 7.61. The number of nitrogens with one attached hydrogen (secondary N) is 1. The number of H-pyrrole nitrogens is 1. The molecule has 7 nitrogen and oxygen atoms in total. The van der Waals surface area contributed by atoms with Gasteiger partial charge in [0.1, 0.15) is 11.4 Å². The number of fused-ring (bicyclic) bond motifs is 1. The zero-order valence-corrected chi connectivity index (χ0v) is 13.5. The van der Waals surface area contributed by atoms with Crippen LogP contribution in [0.1, 0.15) is 11.4 Å². The smallest absolute Gasteiger partial charge is 0.453 e. The van der Waals surface area contributed by atoms with Gasteiger partial charge < -0.3 is 9.72 Å². The van der Waals surface area contributed by atoms with E-state index >= 15 is 0 Å². The van der Waals surface area contributed by atoms with Crippen molar-refractivity contribution in [3.8, 4) is 17.3 Å². The SMILES string of the molecule is COc1ccc(Cn2nc(C(F)(F)F)nc2-c2cn3ccnc3[nH]2)cc1. The van der Waals surface area contributed by atoms with Gasteiger partial charge >= 0.3 is 6.18 Å². The number of rotatable bonds is 4. The maximum absolute atomic E-state index is 13.1. The minimum absolute atomic E-state index is 0.0821. The fraction of sp³-hybridized carbons (Fsp3) is 0.188. The Bertz CT molecular complexity index is 1020. The van der Waals surface area contributed by atoms with Crippen LogP contribution in [0.25, 0.3) is 17.3 Å². The highest BCUT2D eigenvalue weighted by Crippen LogP contribution is 2.29. The van der Waals surface area contributed by atoms with Crippen molar-refractivity contribution in [2.45, 2.75) is 12.7 Å². The van der Waals surface area contributed by atoms with Gasteiger partial charge in [0.25, 0.3) is 5.82 Å². The highest BCUT2D eigenvalue weighted by Gasteiger charge is 2.37. The van der Waals surface area contributed by atoms with Gasteiger partial charge in [-0.3, -0.25) is 4.40 Å². The molecule has 4 aromatic rings. The lowest BCUT2D eigenvalue weighted by Crippen LogP contribution is -2.09. The van der Waals surface area contributed by atoms with Crippen molar-refractivity contribution in [1.29, 1.82) is 0 Å². The number of hydrogen-bond donors (Lipinski definition) is 1. The average Bonchev–Trinajstić information content (AvgIpc) is 3.28. The van der Waals surface area contributed by atoms with Gasteiger partial charge in [0.05, 0.1) is 13.7 Å². The molecular formula is C16H13F3N6O. The van der Waals surface area contributed by atoms with E-state index in [4.69, 9.17) is 4.74 Å². The number of alkyl halides is 3. The molecule has 0 saturated carbocycles. The van der Waals surface area contributed by atoms with Crippen LogP contribution in [0.4, 0.5) is 13.2 Å². The van der Waals surface area contributed by atoms with Crippen molar-refractivity contribution in [3.05, 3.63) is 54.2 Å². The van der Waals surface area contributed by atoms with Crippen molar-refractivity contribution in [2.75, 3.05) is 7.11 Å². The fourth-order valence-electron chi connectivity index (χ4n) is 2.60. The monoisotopic (exact) mass is 362 g/mol. The number of ether oxygens (including phenoxy) is 1. The van der Waals surface area contributed by atoms with E-state index < -0.39 is 12.0 Å². The van der Waals surface area contributed by atoms with Gasteiger partial charge in [0.2, 0.25) is 5.78 Å². The molecular weight excluding hydrogens is 349 g/mol. The van der Waals surface area contributed by atoms with E-state index in [9.17, 15) is 13.2 Å². The van der Waals surface area contributed by atoms with E-state index in [2.05, 4.69) is 20.1 Å². The summed E-state index contributed by atoms with van der Waals surface area (Å²) in [6, 6.07) is 7.00. The van der Waals surface area contributed by atoms with Crippen LogP contribution in [0.5, 0.6) is 5.75 Å². The van der Waals surface area contributed by atoms with Gasteiger partial charge in [-0.15, -0.1) is 5.10 Å². The highest BCUT2D eigenvalue weighted by molar-refractivity contribution is 5.54. The quantitative estimate of drug-likeness (QED) is 0.606. The topological polar surface area (TPSA) is 73.0 Å². The Morgan fingerprint density at radius 2 is 1.96 bits per heavy atom. The molecule has 0 aliphatic heterocycles. The standard InChI is InChI=1S/C16H13F3N6O/c1-26-11-4-2-10(3-5-11)8-25-13(22-14(23-25)16(17,18)19)12-9-24-7-6-20-15(24)21-12/h2-7,9H,8H2,1H3,(H,20,21). The van der Waals surface area contributed by atoms with Crippen LogP contribution in [0.15, 0.2) is 42.9 Å². The lowest BCUT2D eigenvalue weighted by atomic mass is 10.2. The summed E-state index contributed by atoms with van der Waals surface area (Å²) in [4.78, 5) is 10.7.